The molecular formula is C33H44N6O5. The van der Waals surface area contributed by atoms with Crippen molar-refractivity contribution in [1.29, 1.82) is 5.41 Å². The van der Waals surface area contributed by atoms with E-state index in [2.05, 4.69) is 21.6 Å². The number of nitrogens with zero attached hydrogens (tertiary/aromatic N) is 2. The van der Waals surface area contributed by atoms with E-state index in [0.29, 0.717) is 43.0 Å². The Morgan fingerprint density at radius 1 is 1.11 bits per heavy atom. The van der Waals surface area contributed by atoms with Gasteiger partial charge in [0.1, 0.15) is 11.9 Å². The standard InChI is InChI=1S/C33H44N6O5/c1-4-28(37-32(34)35)36-30(41)22-8-10-24(11-9-22)39-20-33(18-29(39)40)12-14-38(15-13-33)19-23-16-25(21-6-7-21)26(31(42)43-3)17-27(23)44-5-2/h8-11,16-17,21,28H,4-7,12-15,18-20H2,1-3H3,(H,36,41)(H4,34,35,37). The minimum absolute atomic E-state index is 0.0764. The van der Waals surface area contributed by atoms with E-state index >= 15 is 0 Å². The Balaban J connectivity index is 1.21. The van der Waals surface area contributed by atoms with Gasteiger partial charge in [-0.3, -0.25) is 19.9 Å². The van der Waals surface area contributed by atoms with E-state index in [9.17, 15) is 14.4 Å². The van der Waals surface area contributed by atoms with Crippen molar-refractivity contribution in [3.8, 4) is 5.75 Å². The second kappa shape index (κ2) is 13.3. The molecule has 1 atom stereocenters. The lowest BCUT2D eigenvalue weighted by atomic mass is 9.77. The number of methoxy groups -OCH3 is 1. The first kappa shape index (κ1) is 31.3. The quantitative estimate of drug-likeness (QED) is 0.131. The van der Waals surface area contributed by atoms with Crippen molar-refractivity contribution in [3.05, 3.63) is 58.7 Å². The van der Waals surface area contributed by atoms with Crippen LogP contribution in [0.2, 0.25) is 0 Å². The van der Waals surface area contributed by atoms with E-state index in [-0.39, 0.29) is 29.2 Å². The molecule has 2 saturated heterocycles. The number of piperidine rings is 1. The highest BCUT2D eigenvalue weighted by atomic mass is 16.5. The number of likely N-dealkylation sites (tertiary alicyclic amines) is 1. The third-order valence-electron chi connectivity index (χ3n) is 9.07. The van der Waals surface area contributed by atoms with Crippen LogP contribution >= 0.6 is 0 Å². The Bertz CT molecular complexity index is 1400. The Morgan fingerprint density at radius 2 is 1.82 bits per heavy atom. The number of ether oxygens (including phenoxy) is 2. The number of anilines is 1. The number of hydrogen-bond donors (Lipinski definition) is 4. The maximum atomic E-state index is 13.2. The first-order valence-electron chi connectivity index (χ1n) is 15.6. The van der Waals surface area contributed by atoms with Gasteiger partial charge >= 0.3 is 5.97 Å². The number of carbonyl (C=O) groups is 3. The fourth-order valence-corrected chi connectivity index (χ4v) is 6.43. The van der Waals surface area contributed by atoms with E-state index in [0.717, 1.165) is 67.9 Å². The summed E-state index contributed by atoms with van der Waals surface area (Å²) in [6, 6.07) is 11.1. The van der Waals surface area contributed by atoms with Crippen LogP contribution < -0.4 is 26.0 Å². The molecular weight excluding hydrogens is 560 g/mol. The molecule has 1 aliphatic carbocycles. The van der Waals surface area contributed by atoms with E-state index in [1.165, 1.54) is 7.11 Å². The van der Waals surface area contributed by atoms with Crippen LogP contribution in [0.5, 0.6) is 5.75 Å². The average molecular weight is 605 g/mol. The number of rotatable bonds is 11. The molecule has 2 aromatic carbocycles. The van der Waals surface area contributed by atoms with Crippen LogP contribution in [0.3, 0.4) is 0 Å². The molecule has 3 aliphatic rings. The molecule has 2 aromatic rings. The summed E-state index contributed by atoms with van der Waals surface area (Å²) < 4.78 is 11.0. The molecule has 5 rings (SSSR count). The minimum Gasteiger partial charge on any atom is -0.494 e. The lowest BCUT2D eigenvalue weighted by molar-refractivity contribution is -0.118. The van der Waals surface area contributed by atoms with E-state index in [1.54, 1.807) is 12.1 Å². The highest BCUT2D eigenvalue weighted by Crippen LogP contribution is 2.45. The summed E-state index contributed by atoms with van der Waals surface area (Å²) in [6.07, 6.45) is 4.65. The Kier molecular flexibility index (Phi) is 9.43. The van der Waals surface area contributed by atoms with Crippen LogP contribution in [0.15, 0.2) is 36.4 Å². The van der Waals surface area contributed by atoms with Crippen molar-refractivity contribution in [2.24, 2.45) is 11.1 Å². The third kappa shape index (κ3) is 6.99. The highest BCUT2D eigenvalue weighted by Gasteiger charge is 2.45. The SMILES string of the molecule is CCOc1cc(C(=O)OC)c(C2CC2)cc1CN1CCC2(CC1)CC(=O)N(c1ccc(C(=O)NC(CC)NC(=N)N)cc1)C2. The third-order valence-corrected chi connectivity index (χ3v) is 9.07. The largest absolute Gasteiger partial charge is 0.494 e. The molecule has 11 nitrogen and oxygen atoms in total. The van der Waals surface area contributed by atoms with Gasteiger partial charge in [-0.05, 0) is 105 Å². The van der Waals surface area contributed by atoms with Crippen molar-refractivity contribution < 1.29 is 23.9 Å². The van der Waals surface area contributed by atoms with Gasteiger partial charge in [0.05, 0.1) is 19.3 Å². The summed E-state index contributed by atoms with van der Waals surface area (Å²) in [5.41, 5.74) is 9.34. The van der Waals surface area contributed by atoms with Gasteiger partial charge in [-0.2, -0.15) is 0 Å². The molecule has 3 fully saturated rings. The molecule has 1 unspecified atom stereocenters. The predicted octanol–water partition coefficient (Wildman–Crippen LogP) is 3.72. The molecule has 5 N–H and O–H groups in total. The molecule has 11 heteroatoms. The first-order chi connectivity index (χ1) is 21.1. The number of carbonyl (C=O) groups excluding carboxylic acids is 3. The number of nitrogens with two attached hydrogens (primary N) is 1. The maximum Gasteiger partial charge on any atom is 0.338 e. The summed E-state index contributed by atoms with van der Waals surface area (Å²) >= 11 is 0. The van der Waals surface area contributed by atoms with Gasteiger partial charge in [-0.1, -0.05) is 6.92 Å². The molecule has 44 heavy (non-hydrogen) atoms. The molecule has 2 amide bonds. The summed E-state index contributed by atoms with van der Waals surface area (Å²) in [4.78, 5) is 42.7. The zero-order chi connectivity index (χ0) is 31.4. The van der Waals surface area contributed by atoms with Gasteiger partial charge in [0, 0.05) is 36.3 Å². The van der Waals surface area contributed by atoms with Crippen LogP contribution in [-0.4, -0.2) is 68.2 Å². The normalized spacial score (nSPS) is 18.6. The summed E-state index contributed by atoms with van der Waals surface area (Å²) in [5.74, 6) is 0.451. The maximum absolute atomic E-state index is 13.2. The van der Waals surface area contributed by atoms with Crippen molar-refractivity contribution in [1.82, 2.24) is 15.5 Å². The van der Waals surface area contributed by atoms with Crippen molar-refractivity contribution >= 4 is 29.4 Å². The zero-order valence-electron chi connectivity index (χ0n) is 25.9. The van der Waals surface area contributed by atoms with Gasteiger partial charge in [0.2, 0.25) is 5.91 Å². The van der Waals surface area contributed by atoms with Gasteiger partial charge in [-0.25, -0.2) is 4.79 Å². The molecule has 0 bridgehead atoms. The van der Waals surface area contributed by atoms with E-state index < -0.39 is 6.17 Å². The van der Waals surface area contributed by atoms with Gasteiger partial charge in [0.15, 0.2) is 5.96 Å². The molecule has 0 aromatic heterocycles. The summed E-state index contributed by atoms with van der Waals surface area (Å²) in [6.45, 7) is 7.48. The molecule has 236 valence electrons. The zero-order valence-corrected chi connectivity index (χ0v) is 25.9. The Labute approximate surface area is 258 Å². The fraction of sp³-hybridized carbons (Fsp3) is 0.515. The number of nitrogens with one attached hydrogen (secondary N) is 3. The Morgan fingerprint density at radius 3 is 2.41 bits per heavy atom. The van der Waals surface area contributed by atoms with Gasteiger partial charge < -0.3 is 30.7 Å². The summed E-state index contributed by atoms with van der Waals surface area (Å²) in [7, 11) is 1.42. The van der Waals surface area contributed by atoms with Crippen LogP contribution in [-0.2, 0) is 16.1 Å². The van der Waals surface area contributed by atoms with Gasteiger partial charge in [0.25, 0.3) is 5.91 Å². The number of guanidine groups is 1. The molecule has 1 spiro atoms. The lowest BCUT2D eigenvalue weighted by Crippen LogP contribution is -2.49. The Hall–Kier alpha value is -4.12. The van der Waals surface area contributed by atoms with E-state index in [4.69, 9.17) is 20.6 Å². The predicted molar refractivity (Wildman–Crippen MR) is 168 cm³/mol. The van der Waals surface area contributed by atoms with Crippen molar-refractivity contribution in [2.45, 2.75) is 71.0 Å². The van der Waals surface area contributed by atoms with Crippen LogP contribution in [0, 0.1) is 10.8 Å². The fourth-order valence-electron chi connectivity index (χ4n) is 6.43. The highest BCUT2D eigenvalue weighted by molar-refractivity contribution is 5.98. The lowest BCUT2D eigenvalue weighted by Gasteiger charge is -2.39. The van der Waals surface area contributed by atoms with Crippen molar-refractivity contribution in [3.63, 3.8) is 0 Å². The van der Waals surface area contributed by atoms with Crippen molar-refractivity contribution in [2.75, 3.05) is 38.3 Å². The monoisotopic (exact) mass is 604 g/mol. The smallest absolute Gasteiger partial charge is 0.338 e. The number of hydrogen-bond acceptors (Lipinski definition) is 7. The van der Waals surface area contributed by atoms with E-state index in [1.807, 2.05) is 36.9 Å². The van der Waals surface area contributed by atoms with Crippen LogP contribution in [0.4, 0.5) is 5.69 Å². The minimum atomic E-state index is -0.434. The molecule has 2 heterocycles. The molecule has 1 saturated carbocycles. The first-order valence-corrected chi connectivity index (χ1v) is 15.6. The van der Waals surface area contributed by atoms with Crippen LogP contribution in [0.1, 0.15) is 90.1 Å². The van der Waals surface area contributed by atoms with Gasteiger partial charge in [-0.15, -0.1) is 0 Å². The number of amides is 2. The number of benzene rings is 2. The number of esters is 1. The molecule has 0 radical (unpaired) electrons. The molecule has 2 aliphatic heterocycles. The average Bonchev–Trinajstić information content (AvgIpc) is 3.81. The second-order valence-corrected chi connectivity index (χ2v) is 12.2. The second-order valence-electron chi connectivity index (χ2n) is 12.2. The topological polar surface area (TPSA) is 150 Å². The van der Waals surface area contributed by atoms with Crippen LogP contribution in [0.25, 0.3) is 0 Å². The summed E-state index contributed by atoms with van der Waals surface area (Å²) in [5, 5.41) is 12.9.